The monoisotopic (exact) mass is 286 g/mol. The molecule has 0 fully saturated rings. The van der Waals surface area contributed by atoms with Crippen molar-refractivity contribution in [1.29, 1.82) is 0 Å². The highest BCUT2D eigenvalue weighted by molar-refractivity contribution is 5.95. The predicted octanol–water partition coefficient (Wildman–Crippen LogP) is 1.69. The first-order valence-electron chi connectivity index (χ1n) is 6.61. The lowest BCUT2D eigenvalue weighted by atomic mass is 10.1. The number of carbonyl (C=O) groups is 1. The van der Waals surface area contributed by atoms with Gasteiger partial charge in [0.2, 0.25) is 0 Å². The van der Waals surface area contributed by atoms with Crippen LogP contribution in [0.1, 0.15) is 17.4 Å². The van der Waals surface area contributed by atoms with Crippen LogP contribution in [0.4, 0.5) is 0 Å². The van der Waals surface area contributed by atoms with Crippen LogP contribution in [0.15, 0.2) is 41.6 Å². The fourth-order valence-electron chi connectivity index (χ4n) is 2.07. The van der Waals surface area contributed by atoms with Crippen LogP contribution in [-0.4, -0.2) is 40.4 Å². The van der Waals surface area contributed by atoms with Gasteiger partial charge in [0.25, 0.3) is 5.91 Å². The van der Waals surface area contributed by atoms with Gasteiger partial charge in [-0.3, -0.25) is 4.79 Å². The molecule has 110 valence electrons. The van der Waals surface area contributed by atoms with Crippen LogP contribution in [0.25, 0.3) is 10.9 Å². The Kier molecular flexibility index (Phi) is 4.37. The highest BCUT2D eigenvalue weighted by Gasteiger charge is 2.18. The minimum atomic E-state index is -0.232. The van der Waals surface area contributed by atoms with Crippen LogP contribution in [0.5, 0.6) is 0 Å². The lowest BCUT2D eigenvalue weighted by Gasteiger charge is -2.20. The molecule has 3 N–H and O–H groups in total. The molecule has 2 rings (SSSR count). The smallest absolute Gasteiger partial charge is 0.272 e. The molecule has 0 saturated carbocycles. The molecular formula is C15H18N4O2. The zero-order chi connectivity index (χ0) is 15.4. The van der Waals surface area contributed by atoms with Gasteiger partial charge in [0.15, 0.2) is 0 Å². The second kappa shape index (κ2) is 6.21. The molecule has 1 heterocycles. The Morgan fingerprint density at radius 2 is 2.10 bits per heavy atom. The third-order valence-electron chi connectivity index (χ3n) is 3.33. The van der Waals surface area contributed by atoms with Crippen LogP contribution >= 0.6 is 0 Å². The number of benzene rings is 1. The standard InChI is InChI=1S/C15H18N4O2/c1-10(14(16)18-21)9-19(2)15(20)13-8-7-11-5-3-4-6-12(11)17-13/h3-8,10,21H,9H2,1-2H3,(H2,16,18). The van der Waals surface area contributed by atoms with Gasteiger partial charge >= 0.3 is 0 Å². The topological polar surface area (TPSA) is 91.8 Å². The highest BCUT2D eigenvalue weighted by Crippen LogP contribution is 2.13. The maximum atomic E-state index is 12.4. The van der Waals surface area contributed by atoms with Crippen molar-refractivity contribution in [2.24, 2.45) is 16.8 Å². The summed E-state index contributed by atoms with van der Waals surface area (Å²) in [6, 6.07) is 11.2. The summed E-state index contributed by atoms with van der Waals surface area (Å²) in [7, 11) is 1.67. The number of oxime groups is 1. The van der Waals surface area contributed by atoms with E-state index in [9.17, 15) is 4.79 Å². The van der Waals surface area contributed by atoms with Crippen molar-refractivity contribution in [2.45, 2.75) is 6.92 Å². The van der Waals surface area contributed by atoms with Gasteiger partial charge in [-0.1, -0.05) is 36.3 Å². The molecule has 1 aromatic heterocycles. The first-order chi connectivity index (χ1) is 10.0. The summed E-state index contributed by atoms with van der Waals surface area (Å²) >= 11 is 0. The number of amidine groups is 1. The molecular weight excluding hydrogens is 268 g/mol. The maximum Gasteiger partial charge on any atom is 0.272 e. The molecule has 0 aliphatic rings. The van der Waals surface area contributed by atoms with E-state index >= 15 is 0 Å². The Morgan fingerprint density at radius 1 is 1.38 bits per heavy atom. The molecule has 1 aromatic carbocycles. The van der Waals surface area contributed by atoms with E-state index in [2.05, 4.69) is 10.1 Å². The summed E-state index contributed by atoms with van der Waals surface area (Å²) in [5.41, 5.74) is 6.68. The van der Waals surface area contributed by atoms with Gasteiger partial charge in [0, 0.05) is 24.9 Å². The van der Waals surface area contributed by atoms with E-state index in [-0.39, 0.29) is 17.7 Å². The maximum absolute atomic E-state index is 12.4. The van der Waals surface area contributed by atoms with Crippen molar-refractivity contribution < 1.29 is 10.0 Å². The lowest BCUT2D eigenvalue weighted by Crippen LogP contribution is -2.36. The number of aromatic nitrogens is 1. The van der Waals surface area contributed by atoms with Crippen molar-refractivity contribution in [1.82, 2.24) is 9.88 Å². The van der Waals surface area contributed by atoms with Gasteiger partial charge < -0.3 is 15.8 Å². The van der Waals surface area contributed by atoms with E-state index in [1.165, 1.54) is 4.90 Å². The third kappa shape index (κ3) is 3.28. The Balaban J connectivity index is 2.17. The molecule has 6 nitrogen and oxygen atoms in total. The summed E-state index contributed by atoms with van der Waals surface area (Å²) in [4.78, 5) is 18.2. The number of fused-ring (bicyclic) bond motifs is 1. The van der Waals surface area contributed by atoms with Gasteiger partial charge in [-0.2, -0.15) is 0 Å². The molecule has 1 amide bonds. The average Bonchev–Trinajstić information content (AvgIpc) is 2.52. The van der Waals surface area contributed by atoms with Crippen molar-refractivity contribution in [3.05, 3.63) is 42.1 Å². The van der Waals surface area contributed by atoms with Crippen LogP contribution in [0.3, 0.4) is 0 Å². The van der Waals surface area contributed by atoms with Crippen LogP contribution in [0, 0.1) is 5.92 Å². The second-order valence-electron chi connectivity index (χ2n) is 5.00. The summed E-state index contributed by atoms with van der Waals surface area (Å²) in [6.45, 7) is 2.13. The Hall–Kier alpha value is -2.63. The summed E-state index contributed by atoms with van der Waals surface area (Å²) in [6.07, 6.45) is 0. The Morgan fingerprint density at radius 3 is 2.81 bits per heavy atom. The molecule has 1 atom stereocenters. The first kappa shape index (κ1) is 14.8. The molecule has 0 aliphatic heterocycles. The molecule has 0 spiro atoms. The number of carbonyl (C=O) groups excluding carboxylic acids is 1. The number of para-hydroxylation sites is 1. The quantitative estimate of drug-likeness (QED) is 0.387. The molecule has 0 aliphatic carbocycles. The minimum absolute atomic E-state index is 0.0983. The number of hydrogen-bond donors (Lipinski definition) is 2. The lowest BCUT2D eigenvalue weighted by molar-refractivity contribution is 0.0780. The number of pyridine rings is 1. The van der Waals surface area contributed by atoms with Gasteiger partial charge in [-0.25, -0.2) is 4.98 Å². The SMILES string of the molecule is CC(CN(C)C(=O)c1ccc2ccccc2n1)C(N)=NO. The number of hydrogen-bond acceptors (Lipinski definition) is 4. The fraction of sp³-hybridized carbons (Fsp3) is 0.267. The Labute approximate surface area is 122 Å². The zero-order valence-electron chi connectivity index (χ0n) is 12.0. The number of nitrogens with two attached hydrogens (primary N) is 1. The van der Waals surface area contributed by atoms with Crippen molar-refractivity contribution in [2.75, 3.05) is 13.6 Å². The second-order valence-corrected chi connectivity index (χ2v) is 5.00. The van der Waals surface area contributed by atoms with Crippen LogP contribution in [-0.2, 0) is 0 Å². The van der Waals surface area contributed by atoms with Gasteiger partial charge in [0.05, 0.1) is 5.52 Å². The van der Waals surface area contributed by atoms with Crippen LogP contribution in [0.2, 0.25) is 0 Å². The van der Waals surface area contributed by atoms with Gasteiger partial charge in [-0.15, -0.1) is 0 Å². The molecule has 2 aromatic rings. The van der Waals surface area contributed by atoms with Crippen LogP contribution < -0.4 is 5.73 Å². The molecule has 0 saturated heterocycles. The number of rotatable bonds is 4. The third-order valence-corrected chi connectivity index (χ3v) is 3.33. The normalized spacial score (nSPS) is 13.1. The van der Waals surface area contributed by atoms with Gasteiger partial charge in [0.1, 0.15) is 11.5 Å². The van der Waals surface area contributed by atoms with E-state index in [1.54, 1.807) is 20.0 Å². The molecule has 6 heteroatoms. The molecule has 21 heavy (non-hydrogen) atoms. The summed E-state index contributed by atoms with van der Waals surface area (Å²) in [5.74, 6) is -0.330. The summed E-state index contributed by atoms with van der Waals surface area (Å²) < 4.78 is 0. The first-order valence-corrected chi connectivity index (χ1v) is 6.61. The molecule has 0 radical (unpaired) electrons. The zero-order valence-corrected chi connectivity index (χ0v) is 12.0. The van der Waals surface area contributed by atoms with Crippen molar-refractivity contribution in [3.63, 3.8) is 0 Å². The average molecular weight is 286 g/mol. The fourth-order valence-corrected chi connectivity index (χ4v) is 2.07. The predicted molar refractivity (Wildman–Crippen MR) is 81.3 cm³/mol. The van der Waals surface area contributed by atoms with Gasteiger partial charge in [-0.05, 0) is 12.1 Å². The minimum Gasteiger partial charge on any atom is -0.409 e. The number of amides is 1. The van der Waals surface area contributed by atoms with E-state index < -0.39 is 0 Å². The van der Waals surface area contributed by atoms with E-state index in [0.29, 0.717) is 12.2 Å². The van der Waals surface area contributed by atoms with Crippen molar-refractivity contribution >= 4 is 22.6 Å². The van der Waals surface area contributed by atoms with E-state index in [1.807, 2.05) is 30.3 Å². The van der Waals surface area contributed by atoms with E-state index in [0.717, 1.165) is 10.9 Å². The largest absolute Gasteiger partial charge is 0.409 e. The highest BCUT2D eigenvalue weighted by atomic mass is 16.4. The summed E-state index contributed by atoms with van der Waals surface area (Å²) in [5, 5.41) is 12.6. The number of nitrogens with zero attached hydrogens (tertiary/aromatic N) is 3. The Bertz CT molecular complexity index is 684. The van der Waals surface area contributed by atoms with Crippen molar-refractivity contribution in [3.8, 4) is 0 Å². The van der Waals surface area contributed by atoms with E-state index in [4.69, 9.17) is 10.9 Å². The molecule has 0 bridgehead atoms. The molecule has 1 unspecified atom stereocenters.